The molecule has 2 atom stereocenters. The molecule has 6 heteroatoms. The number of carbonyl (C=O) groups is 1. The quantitative estimate of drug-likeness (QED) is 0.819. The first-order valence-electron chi connectivity index (χ1n) is 10.1. The molecular weight excluding hydrogens is 352 g/mol. The molecule has 28 heavy (non-hydrogen) atoms. The summed E-state index contributed by atoms with van der Waals surface area (Å²) in [5, 5.41) is 0. The van der Waals surface area contributed by atoms with Crippen LogP contribution in [0, 0.1) is 6.92 Å². The van der Waals surface area contributed by atoms with Crippen molar-refractivity contribution in [3.63, 3.8) is 0 Å². The number of aryl methyl sites for hydroxylation is 1. The molecule has 2 aromatic rings. The van der Waals surface area contributed by atoms with Gasteiger partial charge in [0.05, 0.1) is 30.9 Å². The lowest BCUT2D eigenvalue weighted by atomic mass is 10.0. The van der Waals surface area contributed by atoms with Crippen molar-refractivity contribution in [3.05, 3.63) is 53.0 Å². The highest BCUT2D eigenvalue weighted by molar-refractivity contribution is 5.79. The Labute approximate surface area is 166 Å². The Kier molecular flexibility index (Phi) is 5.31. The zero-order chi connectivity index (χ0) is 19.7. The van der Waals surface area contributed by atoms with Gasteiger partial charge in [0.1, 0.15) is 11.6 Å². The number of ether oxygens (including phenoxy) is 1. The Morgan fingerprint density at radius 3 is 2.57 bits per heavy atom. The Balaban J connectivity index is 1.58. The summed E-state index contributed by atoms with van der Waals surface area (Å²) in [6.07, 6.45) is 1.54. The van der Waals surface area contributed by atoms with Crippen LogP contribution in [0.5, 0.6) is 0 Å². The van der Waals surface area contributed by atoms with Crippen LogP contribution in [0.3, 0.4) is 0 Å². The van der Waals surface area contributed by atoms with Crippen molar-refractivity contribution in [3.8, 4) is 0 Å². The van der Waals surface area contributed by atoms with Gasteiger partial charge >= 0.3 is 0 Å². The standard InChI is InChI=1S/C22H28N4O2/c1-15-12-26(13-16(2)28-15)22-19-14-25(10-9-20(19)23-17(3)24-22)21(27)11-18-7-5-4-6-8-18/h4-8,15-16H,9-14H2,1-3H3/t15-,16-/m1/s1. The normalized spacial score (nSPS) is 22.1. The van der Waals surface area contributed by atoms with Gasteiger partial charge in [0.25, 0.3) is 0 Å². The second-order valence-electron chi connectivity index (χ2n) is 7.91. The van der Waals surface area contributed by atoms with Crippen LogP contribution in [0.4, 0.5) is 5.82 Å². The minimum atomic E-state index is 0.159. The highest BCUT2D eigenvalue weighted by Crippen LogP contribution is 2.29. The van der Waals surface area contributed by atoms with Crippen molar-refractivity contribution in [2.24, 2.45) is 0 Å². The number of hydrogen-bond acceptors (Lipinski definition) is 5. The number of aromatic nitrogens is 2. The van der Waals surface area contributed by atoms with Gasteiger partial charge < -0.3 is 14.5 Å². The summed E-state index contributed by atoms with van der Waals surface area (Å²) in [7, 11) is 0. The van der Waals surface area contributed by atoms with Crippen molar-refractivity contribution < 1.29 is 9.53 Å². The van der Waals surface area contributed by atoms with Crippen molar-refractivity contribution in [2.45, 2.75) is 52.4 Å². The van der Waals surface area contributed by atoms with Crippen molar-refractivity contribution in [1.82, 2.24) is 14.9 Å². The lowest BCUT2D eigenvalue weighted by Gasteiger charge is -2.38. The second-order valence-corrected chi connectivity index (χ2v) is 7.91. The third-order valence-electron chi connectivity index (χ3n) is 5.42. The number of nitrogens with zero attached hydrogens (tertiary/aromatic N) is 4. The first kappa shape index (κ1) is 18.9. The second kappa shape index (κ2) is 7.87. The molecule has 1 aromatic heterocycles. The topological polar surface area (TPSA) is 58.6 Å². The molecule has 2 aliphatic heterocycles. The number of amides is 1. The minimum absolute atomic E-state index is 0.159. The van der Waals surface area contributed by atoms with Crippen LogP contribution in [0.25, 0.3) is 0 Å². The summed E-state index contributed by atoms with van der Waals surface area (Å²) in [6, 6.07) is 9.93. The Morgan fingerprint density at radius 2 is 1.86 bits per heavy atom. The zero-order valence-electron chi connectivity index (χ0n) is 16.9. The minimum Gasteiger partial charge on any atom is -0.372 e. The van der Waals surface area contributed by atoms with Crippen LogP contribution in [-0.4, -0.2) is 52.6 Å². The molecule has 0 spiro atoms. The lowest BCUT2D eigenvalue weighted by molar-refractivity contribution is -0.131. The van der Waals surface area contributed by atoms with E-state index in [4.69, 9.17) is 9.72 Å². The van der Waals surface area contributed by atoms with Crippen LogP contribution < -0.4 is 4.90 Å². The van der Waals surface area contributed by atoms with E-state index in [1.165, 1.54) is 0 Å². The van der Waals surface area contributed by atoms with Crippen LogP contribution in [0.15, 0.2) is 30.3 Å². The highest BCUT2D eigenvalue weighted by atomic mass is 16.5. The molecule has 1 aromatic carbocycles. The third kappa shape index (κ3) is 4.02. The van der Waals surface area contributed by atoms with E-state index in [1.54, 1.807) is 0 Å². The maximum absolute atomic E-state index is 12.9. The fraction of sp³-hybridized carbons (Fsp3) is 0.500. The summed E-state index contributed by atoms with van der Waals surface area (Å²) in [5.74, 6) is 1.93. The predicted octanol–water partition coefficient (Wildman–Crippen LogP) is 2.53. The van der Waals surface area contributed by atoms with Gasteiger partial charge in [-0.1, -0.05) is 30.3 Å². The highest BCUT2D eigenvalue weighted by Gasteiger charge is 2.30. The van der Waals surface area contributed by atoms with Crippen LogP contribution >= 0.6 is 0 Å². The van der Waals surface area contributed by atoms with Gasteiger partial charge in [0.15, 0.2) is 0 Å². The fourth-order valence-corrected chi connectivity index (χ4v) is 4.22. The molecule has 1 saturated heterocycles. The zero-order valence-corrected chi connectivity index (χ0v) is 16.9. The first-order valence-corrected chi connectivity index (χ1v) is 10.1. The van der Waals surface area contributed by atoms with Crippen LogP contribution in [-0.2, 0) is 28.9 Å². The van der Waals surface area contributed by atoms with Gasteiger partial charge in [0.2, 0.25) is 5.91 Å². The molecular formula is C22H28N4O2. The molecule has 0 N–H and O–H groups in total. The Morgan fingerprint density at radius 1 is 1.14 bits per heavy atom. The fourth-order valence-electron chi connectivity index (χ4n) is 4.22. The lowest BCUT2D eigenvalue weighted by Crippen LogP contribution is -2.47. The summed E-state index contributed by atoms with van der Waals surface area (Å²) in [6.45, 7) is 9.05. The van der Waals surface area contributed by atoms with Gasteiger partial charge in [-0.25, -0.2) is 9.97 Å². The van der Waals surface area contributed by atoms with E-state index < -0.39 is 0 Å². The van der Waals surface area contributed by atoms with E-state index in [0.29, 0.717) is 19.5 Å². The maximum atomic E-state index is 12.9. The smallest absolute Gasteiger partial charge is 0.227 e. The van der Waals surface area contributed by atoms with E-state index in [1.807, 2.05) is 42.2 Å². The number of hydrogen-bond donors (Lipinski definition) is 0. The average Bonchev–Trinajstić information content (AvgIpc) is 2.67. The number of morpholine rings is 1. The molecule has 148 valence electrons. The van der Waals surface area contributed by atoms with E-state index in [9.17, 15) is 4.79 Å². The largest absolute Gasteiger partial charge is 0.372 e. The molecule has 2 aliphatic rings. The van der Waals surface area contributed by atoms with Crippen molar-refractivity contribution in [1.29, 1.82) is 0 Å². The molecule has 0 saturated carbocycles. The average molecular weight is 380 g/mol. The van der Waals surface area contributed by atoms with Crippen LogP contribution in [0.1, 0.15) is 36.5 Å². The summed E-state index contributed by atoms with van der Waals surface area (Å²) in [5.41, 5.74) is 3.23. The van der Waals surface area contributed by atoms with E-state index in [2.05, 4.69) is 23.7 Å². The summed E-state index contributed by atoms with van der Waals surface area (Å²) >= 11 is 0. The van der Waals surface area contributed by atoms with Gasteiger partial charge in [-0.3, -0.25) is 4.79 Å². The van der Waals surface area contributed by atoms with Crippen LogP contribution in [0.2, 0.25) is 0 Å². The monoisotopic (exact) mass is 380 g/mol. The predicted molar refractivity (Wildman–Crippen MR) is 108 cm³/mol. The SMILES string of the molecule is Cc1nc2c(c(N3C[C@@H](C)O[C@H](C)C3)n1)CN(C(=O)Cc1ccccc1)CC2. The Bertz CT molecular complexity index is 845. The summed E-state index contributed by atoms with van der Waals surface area (Å²) in [4.78, 5) is 26.6. The maximum Gasteiger partial charge on any atom is 0.227 e. The van der Waals surface area contributed by atoms with Crippen molar-refractivity contribution in [2.75, 3.05) is 24.5 Å². The molecule has 4 rings (SSSR count). The van der Waals surface area contributed by atoms with Crippen molar-refractivity contribution >= 4 is 11.7 Å². The third-order valence-corrected chi connectivity index (χ3v) is 5.42. The molecule has 1 fully saturated rings. The Hall–Kier alpha value is -2.47. The van der Waals surface area contributed by atoms with Gasteiger partial charge in [-0.2, -0.15) is 0 Å². The van der Waals surface area contributed by atoms with Gasteiger partial charge in [-0.05, 0) is 26.3 Å². The number of carbonyl (C=O) groups excluding carboxylic acids is 1. The number of rotatable bonds is 3. The summed E-state index contributed by atoms with van der Waals surface area (Å²) < 4.78 is 5.89. The molecule has 3 heterocycles. The number of benzene rings is 1. The van der Waals surface area contributed by atoms with E-state index in [0.717, 1.165) is 48.0 Å². The van der Waals surface area contributed by atoms with Gasteiger partial charge in [-0.15, -0.1) is 0 Å². The number of anilines is 1. The number of fused-ring (bicyclic) bond motifs is 1. The van der Waals surface area contributed by atoms with Gasteiger partial charge in [0, 0.05) is 31.6 Å². The van der Waals surface area contributed by atoms with E-state index >= 15 is 0 Å². The molecule has 0 unspecified atom stereocenters. The molecule has 6 nitrogen and oxygen atoms in total. The molecule has 0 bridgehead atoms. The molecule has 0 radical (unpaired) electrons. The molecule has 1 amide bonds. The first-order chi connectivity index (χ1) is 13.5. The molecule has 0 aliphatic carbocycles. The van der Waals surface area contributed by atoms with E-state index in [-0.39, 0.29) is 18.1 Å².